The van der Waals surface area contributed by atoms with E-state index < -0.39 is 11.7 Å². The van der Waals surface area contributed by atoms with Crippen molar-refractivity contribution in [2.24, 2.45) is 0 Å². The lowest BCUT2D eigenvalue weighted by atomic mass is 9.96. The van der Waals surface area contributed by atoms with Crippen molar-refractivity contribution in [2.45, 2.75) is 32.9 Å². The van der Waals surface area contributed by atoms with Crippen LogP contribution in [0.15, 0.2) is 6.07 Å². The van der Waals surface area contributed by atoms with Gasteiger partial charge in [0.2, 0.25) is 0 Å². The summed E-state index contributed by atoms with van der Waals surface area (Å²) in [5.41, 5.74) is 0.590. The third kappa shape index (κ3) is 4.35. The average Bonchev–Trinajstić information content (AvgIpc) is 2.59. The Morgan fingerprint density at radius 2 is 2.38 bits per heavy atom. The number of nitrogens with one attached hydrogen (secondary N) is 2. The minimum absolute atomic E-state index is 0.249. The Hall–Kier alpha value is -1.50. The van der Waals surface area contributed by atoms with Gasteiger partial charge in [-0.15, -0.1) is 0 Å². The minimum atomic E-state index is -0.514. The molecule has 87 valence electrons. The summed E-state index contributed by atoms with van der Waals surface area (Å²) in [7, 11) is 0.907. The summed E-state index contributed by atoms with van der Waals surface area (Å²) in [5.74, 6) is 0. The first kappa shape index (κ1) is 12.6. The minimum Gasteiger partial charge on any atom is -0.449 e. The van der Waals surface area contributed by atoms with Crippen molar-refractivity contribution >= 4 is 19.2 Å². The Kier molecular flexibility index (Phi) is 3.95. The number of alkyl carbamates (subject to hydrolysis) is 1. The van der Waals surface area contributed by atoms with Crippen LogP contribution < -0.4 is 10.9 Å². The van der Waals surface area contributed by atoms with E-state index in [1.807, 2.05) is 0 Å². The number of hydrogen-bond donors (Lipinski definition) is 3. The zero-order chi connectivity index (χ0) is 12.2. The molecule has 1 amide bonds. The maximum Gasteiger partial charge on any atom is 0.407 e. The van der Waals surface area contributed by atoms with Gasteiger partial charge in [-0.3, -0.25) is 5.10 Å². The van der Waals surface area contributed by atoms with Gasteiger partial charge in [-0.2, -0.15) is 5.10 Å². The van der Waals surface area contributed by atoms with Crippen LogP contribution in [0.4, 0.5) is 4.79 Å². The molecule has 0 saturated carbocycles. The standard InChI is InChI=1S/C9H15BN3O3/c1-9(2,3)16-8(14)11-5-6-4-7(10-15)13-12-6/h4,15H,5H2,1-3H3,(H,11,14)(H,12,13). The van der Waals surface area contributed by atoms with Crippen molar-refractivity contribution in [3.63, 3.8) is 0 Å². The monoisotopic (exact) mass is 224 g/mol. The second-order valence-electron chi connectivity index (χ2n) is 4.30. The van der Waals surface area contributed by atoms with Gasteiger partial charge in [-0.05, 0) is 26.8 Å². The molecule has 1 radical (unpaired) electrons. The molecule has 3 N–H and O–H groups in total. The van der Waals surface area contributed by atoms with Crippen LogP contribution in [0.5, 0.6) is 0 Å². The molecule has 0 unspecified atom stereocenters. The lowest BCUT2D eigenvalue weighted by Gasteiger charge is -2.19. The normalized spacial score (nSPS) is 11.0. The highest BCUT2D eigenvalue weighted by Crippen LogP contribution is 2.06. The second kappa shape index (κ2) is 5.02. The Labute approximate surface area is 94.7 Å². The summed E-state index contributed by atoms with van der Waals surface area (Å²) in [6, 6.07) is 1.62. The lowest BCUT2D eigenvalue weighted by Crippen LogP contribution is -2.32. The summed E-state index contributed by atoms with van der Waals surface area (Å²) in [6.07, 6.45) is -0.495. The van der Waals surface area contributed by atoms with Crippen LogP contribution in [0.25, 0.3) is 0 Å². The Morgan fingerprint density at radius 1 is 1.69 bits per heavy atom. The van der Waals surface area contributed by atoms with Crippen molar-refractivity contribution in [1.82, 2.24) is 15.5 Å². The quantitative estimate of drug-likeness (QED) is 0.613. The molecular weight excluding hydrogens is 209 g/mol. The van der Waals surface area contributed by atoms with Crippen LogP contribution in [0.2, 0.25) is 0 Å². The predicted molar refractivity (Wildman–Crippen MR) is 59.3 cm³/mol. The largest absolute Gasteiger partial charge is 0.449 e. The zero-order valence-corrected chi connectivity index (χ0v) is 9.57. The van der Waals surface area contributed by atoms with E-state index in [4.69, 9.17) is 9.76 Å². The van der Waals surface area contributed by atoms with Crippen LogP contribution in [-0.2, 0) is 11.3 Å². The van der Waals surface area contributed by atoms with Crippen LogP contribution in [-0.4, -0.2) is 34.4 Å². The van der Waals surface area contributed by atoms with Gasteiger partial charge >= 0.3 is 13.6 Å². The van der Waals surface area contributed by atoms with Gasteiger partial charge in [0.15, 0.2) is 0 Å². The molecule has 1 heterocycles. The molecule has 0 saturated heterocycles. The fraction of sp³-hybridized carbons (Fsp3) is 0.556. The van der Waals surface area contributed by atoms with Gasteiger partial charge in [0.1, 0.15) is 5.60 Å². The first-order valence-corrected chi connectivity index (χ1v) is 4.89. The van der Waals surface area contributed by atoms with Gasteiger partial charge in [0.25, 0.3) is 0 Å². The summed E-state index contributed by atoms with van der Waals surface area (Å²) in [4.78, 5) is 11.3. The highest BCUT2D eigenvalue weighted by molar-refractivity contribution is 6.44. The fourth-order valence-electron chi connectivity index (χ4n) is 1.01. The Bertz CT molecular complexity index is 359. The number of H-pyrrole nitrogens is 1. The lowest BCUT2D eigenvalue weighted by molar-refractivity contribution is 0.0523. The molecule has 6 nitrogen and oxygen atoms in total. The number of rotatable bonds is 3. The highest BCUT2D eigenvalue weighted by Gasteiger charge is 2.15. The number of aromatic nitrogens is 2. The number of nitrogens with zero attached hydrogens (tertiary/aromatic N) is 1. The third-order valence-corrected chi connectivity index (χ3v) is 1.60. The van der Waals surface area contributed by atoms with Gasteiger partial charge in [0, 0.05) is 5.59 Å². The number of carbonyl (C=O) groups is 1. The maximum atomic E-state index is 11.3. The maximum absolute atomic E-state index is 11.3. The molecule has 0 fully saturated rings. The SMILES string of the molecule is CC(C)(C)OC(=O)NCc1cc([B]O)[nH]n1. The van der Waals surface area contributed by atoms with Gasteiger partial charge < -0.3 is 15.1 Å². The predicted octanol–water partition coefficient (Wildman–Crippen LogP) is -0.329. The zero-order valence-electron chi connectivity index (χ0n) is 9.57. The van der Waals surface area contributed by atoms with E-state index in [1.165, 1.54) is 0 Å². The molecule has 1 aromatic heterocycles. The highest BCUT2D eigenvalue weighted by atomic mass is 16.6. The summed E-state index contributed by atoms with van der Waals surface area (Å²) in [5, 5.41) is 17.7. The number of ether oxygens (including phenoxy) is 1. The molecule has 0 aliphatic carbocycles. The van der Waals surface area contributed by atoms with Crippen molar-refractivity contribution in [3.05, 3.63) is 11.8 Å². The molecule has 1 aromatic rings. The second-order valence-corrected chi connectivity index (χ2v) is 4.30. The first-order chi connectivity index (χ1) is 7.40. The van der Waals surface area contributed by atoms with Gasteiger partial charge in [0.05, 0.1) is 12.2 Å². The van der Waals surface area contributed by atoms with Gasteiger partial charge in [-0.1, -0.05) is 0 Å². The third-order valence-electron chi connectivity index (χ3n) is 1.60. The van der Waals surface area contributed by atoms with E-state index in [0.29, 0.717) is 11.3 Å². The van der Waals surface area contributed by atoms with E-state index in [0.717, 1.165) is 7.48 Å². The van der Waals surface area contributed by atoms with Crippen LogP contribution >= 0.6 is 0 Å². The average molecular weight is 224 g/mol. The fourth-order valence-corrected chi connectivity index (χ4v) is 1.01. The Morgan fingerprint density at radius 3 is 2.88 bits per heavy atom. The topological polar surface area (TPSA) is 87.2 Å². The summed E-state index contributed by atoms with van der Waals surface area (Å²) in [6.45, 7) is 5.62. The number of carbonyl (C=O) groups excluding carboxylic acids is 1. The molecule has 0 atom stereocenters. The van der Waals surface area contributed by atoms with Crippen LogP contribution in [0.3, 0.4) is 0 Å². The van der Waals surface area contributed by atoms with E-state index in [2.05, 4.69) is 15.5 Å². The molecule has 1 rings (SSSR count). The van der Waals surface area contributed by atoms with E-state index in [1.54, 1.807) is 26.8 Å². The van der Waals surface area contributed by atoms with E-state index >= 15 is 0 Å². The Balaban J connectivity index is 2.37. The smallest absolute Gasteiger partial charge is 0.407 e. The molecule has 0 spiro atoms. The van der Waals surface area contributed by atoms with Crippen molar-refractivity contribution in [1.29, 1.82) is 0 Å². The first-order valence-electron chi connectivity index (χ1n) is 4.89. The molecule has 0 aliphatic heterocycles. The van der Waals surface area contributed by atoms with E-state index in [-0.39, 0.29) is 6.54 Å². The molecule has 0 aromatic carbocycles. The van der Waals surface area contributed by atoms with Crippen molar-refractivity contribution in [2.75, 3.05) is 0 Å². The molecule has 7 heteroatoms. The number of hydrogen-bond acceptors (Lipinski definition) is 4. The van der Waals surface area contributed by atoms with E-state index in [9.17, 15) is 4.79 Å². The summed E-state index contributed by atoms with van der Waals surface area (Å²) >= 11 is 0. The summed E-state index contributed by atoms with van der Waals surface area (Å²) < 4.78 is 5.05. The number of aromatic amines is 1. The van der Waals surface area contributed by atoms with Crippen LogP contribution in [0.1, 0.15) is 26.5 Å². The van der Waals surface area contributed by atoms with Crippen LogP contribution in [0, 0.1) is 0 Å². The molecule has 16 heavy (non-hydrogen) atoms. The van der Waals surface area contributed by atoms with Crippen molar-refractivity contribution < 1.29 is 14.6 Å². The van der Waals surface area contributed by atoms with Crippen molar-refractivity contribution in [3.8, 4) is 0 Å². The molecule has 0 bridgehead atoms. The number of amides is 1. The van der Waals surface area contributed by atoms with Gasteiger partial charge in [-0.25, -0.2) is 4.79 Å². The molecular formula is C9H15BN3O3. The molecule has 0 aliphatic rings.